The number of hydrogen-bond donors (Lipinski definition) is 6. The maximum absolute atomic E-state index is 11.2. The van der Waals surface area contributed by atoms with E-state index >= 15 is 0 Å². The Morgan fingerprint density at radius 1 is 1.21 bits per heavy atom. The lowest BCUT2D eigenvalue weighted by atomic mass is 10.0. The molecular weight excluding hydrogens is 310 g/mol. The second kappa shape index (κ2) is 6.25. The van der Waals surface area contributed by atoms with Gasteiger partial charge in [-0.15, -0.1) is 0 Å². The lowest BCUT2D eigenvalue weighted by Gasteiger charge is -2.36. The van der Waals surface area contributed by atoms with Gasteiger partial charge in [-0.3, -0.25) is 4.52 Å². The summed E-state index contributed by atoms with van der Waals surface area (Å²) in [4.78, 5) is 25.8. The molecule has 1 aliphatic rings. The van der Waals surface area contributed by atoms with Gasteiger partial charge in [0.1, 0.15) is 12.2 Å². The number of aliphatic hydroxyl groups excluding tert-OH is 3. The molecule has 0 aromatic carbocycles. The summed E-state index contributed by atoms with van der Waals surface area (Å²) < 4.78 is 34.3. The van der Waals surface area contributed by atoms with E-state index in [9.17, 15) is 19.3 Å². The quantitative estimate of drug-likeness (QED) is 0.309. The molecule has 0 aliphatic carbocycles. The molecule has 0 amide bonds. The van der Waals surface area contributed by atoms with E-state index in [4.69, 9.17) is 24.5 Å². The van der Waals surface area contributed by atoms with Gasteiger partial charge in [-0.05, 0) is 0 Å². The van der Waals surface area contributed by atoms with Crippen LogP contribution < -0.4 is 0 Å². The summed E-state index contributed by atoms with van der Waals surface area (Å²) in [5, 5.41) is 27.6. The third kappa shape index (κ3) is 5.54. The molecule has 13 heteroatoms. The van der Waals surface area contributed by atoms with Crippen LogP contribution in [0.3, 0.4) is 0 Å². The smallest absolute Gasteiger partial charge is 0.394 e. The van der Waals surface area contributed by atoms with E-state index in [0.717, 1.165) is 0 Å². The Balaban J connectivity index is 2.67. The first-order chi connectivity index (χ1) is 8.54. The molecule has 1 rings (SSSR count). The van der Waals surface area contributed by atoms with Gasteiger partial charge in [0.2, 0.25) is 0 Å². The average molecular weight is 324 g/mol. The van der Waals surface area contributed by atoms with E-state index in [-0.39, 0.29) is 0 Å². The molecule has 19 heavy (non-hydrogen) atoms. The normalized spacial score (nSPS) is 35.9. The molecule has 0 saturated carbocycles. The SMILES string of the molecule is O=P(O)(O)OP(=O)(O)O[C@@H]1C[C@@H](O)[C@H](O)[C@@H](CO)O1. The summed E-state index contributed by atoms with van der Waals surface area (Å²) in [6, 6.07) is 0. The van der Waals surface area contributed by atoms with Crippen molar-refractivity contribution in [1.29, 1.82) is 0 Å². The third-order valence-corrected chi connectivity index (χ3v) is 4.35. The monoisotopic (exact) mass is 324 g/mol. The van der Waals surface area contributed by atoms with E-state index in [1.165, 1.54) is 0 Å². The van der Waals surface area contributed by atoms with Crippen molar-refractivity contribution < 1.29 is 52.7 Å². The Kier molecular flexibility index (Phi) is 5.64. The molecule has 0 bridgehead atoms. The van der Waals surface area contributed by atoms with Crippen molar-refractivity contribution in [3.05, 3.63) is 0 Å². The average Bonchev–Trinajstić information content (AvgIpc) is 2.18. The van der Waals surface area contributed by atoms with E-state index in [1.54, 1.807) is 0 Å². The molecule has 0 aromatic heterocycles. The van der Waals surface area contributed by atoms with Crippen LogP contribution in [-0.2, 0) is 22.7 Å². The highest BCUT2D eigenvalue weighted by Gasteiger charge is 2.42. The van der Waals surface area contributed by atoms with Crippen LogP contribution in [0.2, 0.25) is 0 Å². The fourth-order valence-corrected chi connectivity index (χ4v) is 3.10. The molecule has 5 atom stereocenters. The highest BCUT2D eigenvalue weighted by atomic mass is 31.3. The maximum atomic E-state index is 11.2. The van der Waals surface area contributed by atoms with E-state index in [2.05, 4.69) is 8.83 Å². The molecule has 6 N–H and O–H groups in total. The Hall–Kier alpha value is 0.1000. The minimum Gasteiger partial charge on any atom is -0.394 e. The van der Waals surface area contributed by atoms with Crippen molar-refractivity contribution in [2.45, 2.75) is 31.0 Å². The summed E-state index contributed by atoms with van der Waals surface area (Å²) in [7, 11) is -10.4. The molecular formula is C6H14O11P2. The van der Waals surface area contributed by atoms with Crippen LogP contribution in [0.25, 0.3) is 0 Å². The van der Waals surface area contributed by atoms with Gasteiger partial charge in [-0.2, -0.15) is 4.31 Å². The van der Waals surface area contributed by atoms with Gasteiger partial charge >= 0.3 is 15.6 Å². The topological polar surface area (TPSA) is 183 Å². The standard InChI is InChI=1S/C6H14O11P2/c7-2-4-6(9)3(8)1-5(15-4)16-19(13,14)17-18(10,11)12/h3-9H,1-2H2,(H,13,14)(H2,10,11,12)/t3-,4-,5-,6+/m1/s1. The Morgan fingerprint density at radius 2 is 1.79 bits per heavy atom. The zero-order chi connectivity index (χ0) is 14.8. The zero-order valence-corrected chi connectivity index (χ0v) is 11.1. The largest absolute Gasteiger partial charge is 0.483 e. The molecule has 1 fully saturated rings. The van der Waals surface area contributed by atoms with Gasteiger partial charge < -0.3 is 34.7 Å². The van der Waals surface area contributed by atoms with E-state index in [1.807, 2.05) is 0 Å². The predicted molar refractivity (Wildman–Crippen MR) is 56.4 cm³/mol. The fourth-order valence-electron chi connectivity index (χ4n) is 1.44. The fraction of sp³-hybridized carbons (Fsp3) is 1.00. The summed E-state index contributed by atoms with van der Waals surface area (Å²) in [5.41, 5.74) is 0. The Morgan fingerprint density at radius 3 is 2.26 bits per heavy atom. The molecule has 1 heterocycles. The van der Waals surface area contributed by atoms with Gasteiger partial charge in [0.05, 0.1) is 12.7 Å². The summed E-state index contributed by atoms with van der Waals surface area (Å²) >= 11 is 0. The van der Waals surface area contributed by atoms with Gasteiger partial charge in [-0.25, -0.2) is 9.13 Å². The molecule has 1 aliphatic heterocycles. The number of phosphoric acid groups is 2. The molecule has 1 saturated heterocycles. The number of hydrogen-bond acceptors (Lipinski definition) is 8. The first kappa shape index (κ1) is 17.2. The lowest BCUT2D eigenvalue weighted by molar-refractivity contribution is -0.233. The first-order valence-corrected chi connectivity index (χ1v) is 7.97. The van der Waals surface area contributed by atoms with Gasteiger partial charge in [0, 0.05) is 6.42 Å². The van der Waals surface area contributed by atoms with E-state index in [0.29, 0.717) is 0 Å². The Bertz CT molecular complexity index is 393. The highest BCUT2D eigenvalue weighted by Crippen LogP contribution is 2.58. The van der Waals surface area contributed by atoms with Gasteiger partial charge in [0.15, 0.2) is 6.29 Å². The van der Waals surface area contributed by atoms with Crippen LogP contribution in [0.5, 0.6) is 0 Å². The van der Waals surface area contributed by atoms with Crippen LogP contribution >= 0.6 is 15.6 Å². The summed E-state index contributed by atoms with van der Waals surface area (Å²) in [6.07, 6.45) is -6.15. The minimum atomic E-state index is -5.26. The Labute approximate surface area is 107 Å². The van der Waals surface area contributed by atoms with Crippen molar-refractivity contribution in [2.24, 2.45) is 0 Å². The molecule has 1 unspecified atom stereocenters. The number of ether oxygens (including phenoxy) is 1. The van der Waals surface area contributed by atoms with Gasteiger partial charge in [0.25, 0.3) is 0 Å². The molecule has 11 nitrogen and oxygen atoms in total. The molecule has 114 valence electrons. The van der Waals surface area contributed by atoms with Crippen LogP contribution in [0.15, 0.2) is 0 Å². The second-order valence-electron chi connectivity index (χ2n) is 3.73. The summed E-state index contributed by atoms with van der Waals surface area (Å²) in [6.45, 7) is -0.701. The molecule has 0 spiro atoms. The third-order valence-electron chi connectivity index (χ3n) is 2.18. The predicted octanol–water partition coefficient (Wildman–Crippen LogP) is -1.96. The number of aliphatic hydroxyl groups is 3. The van der Waals surface area contributed by atoms with Crippen molar-refractivity contribution in [3.8, 4) is 0 Å². The number of rotatable bonds is 5. The van der Waals surface area contributed by atoms with Crippen molar-refractivity contribution in [1.82, 2.24) is 0 Å². The van der Waals surface area contributed by atoms with Gasteiger partial charge in [-0.1, -0.05) is 0 Å². The minimum absolute atomic E-state index is 0.452. The highest BCUT2D eigenvalue weighted by molar-refractivity contribution is 7.60. The van der Waals surface area contributed by atoms with Crippen molar-refractivity contribution in [3.63, 3.8) is 0 Å². The van der Waals surface area contributed by atoms with Crippen molar-refractivity contribution >= 4 is 15.6 Å². The van der Waals surface area contributed by atoms with Crippen LogP contribution in [-0.4, -0.2) is 61.2 Å². The van der Waals surface area contributed by atoms with Crippen LogP contribution in [0, 0.1) is 0 Å². The first-order valence-electron chi connectivity index (χ1n) is 4.94. The van der Waals surface area contributed by atoms with Crippen LogP contribution in [0.4, 0.5) is 0 Å². The maximum Gasteiger partial charge on any atom is 0.483 e. The van der Waals surface area contributed by atoms with Crippen molar-refractivity contribution in [2.75, 3.05) is 6.61 Å². The summed E-state index contributed by atoms with van der Waals surface area (Å²) in [5.74, 6) is 0. The zero-order valence-electron chi connectivity index (χ0n) is 9.34. The second-order valence-corrected chi connectivity index (χ2v) is 6.51. The number of phosphoric ester groups is 1. The van der Waals surface area contributed by atoms with Crippen LogP contribution in [0.1, 0.15) is 6.42 Å². The van der Waals surface area contributed by atoms with E-state index < -0.39 is 53.3 Å². The molecule has 0 radical (unpaired) electrons. The lowest BCUT2D eigenvalue weighted by Crippen LogP contribution is -2.50. The molecule has 0 aromatic rings.